The Balaban J connectivity index is 1.91. The number of anilines is 1. The maximum atomic E-state index is 13.3. The van der Waals surface area contributed by atoms with Crippen LogP contribution in [0.5, 0.6) is 0 Å². The monoisotopic (exact) mass is 454 g/mol. The molecule has 3 aromatic rings. The van der Waals surface area contributed by atoms with Crippen LogP contribution < -0.4 is 10.4 Å². The van der Waals surface area contributed by atoms with Crippen molar-refractivity contribution in [1.82, 2.24) is 20.4 Å². The summed E-state index contributed by atoms with van der Waals surface area (Å²) in [5, 5.41) is 10.3. The van der Waals surface area contributed by atoms with Crippen molar-refractivity contribution in [3.8, 4) is 17.2 Å². The Morgan fingerprint density at radius 3 is 2.33 bits per heavy atom. The molecule has 7 nitrogen and oxygen atoms in total. The molecule has 0 atom stereocenters. The predicted octanol–water partition coefficient (Wildman–Crippen LogP) is 4.63. The van der Waals surface area contributed by atoms with E-state index in [1.807, 2.05) is 26.8 Å². The zero-order valence-electron chi connectivity index (χ0n) is 18.2. The summed E-state index contributed by atoms with van der Waals surface area (Å²) in [4.78, 5) is 24.1. The molecule has 2 heterocycles. The molecule has 0 saturated carbocycles. The summed E-state index contributed by atoms with van der Waals surface area (Å²) in [7, 11) is 0. The molecule has 10 heteroatoms. The number of amides is 1. The summed E-state index contributed by atoms with van der Waals surface area (Å²) in [6.07, 6.45) is -1.42. The average Bonchev–Trinajstić information content (AvgIpc) is 2.77. The summed E-state index contributed by atoms with van der Waals surface area (Å²) < 4.78 is 39.8. The van der Waals surface area contributed by atoms with Crippen molar-refractivity contribution in [1.29, 1.82) is 5.26 Å². The van der Waals surface area contributed by atoms with E-state index in [0.29, 0.717) is 11.6 Å². The maximum Gasteiger partial charge on any atom is 0.433 e. The minimum Gasteiger partial charge on any atom is -0.267 e. The minimum absolute atomic E-state index is 0.131. The minimum atomic E-state index is -4.77. The van der Waals surface area contributed by atoms with E-state index in [1.165, 1.54) is 11.1 Å². The van der Waals surface area contributed by atoms with E-state index >= 15 is 0 Å². The molecule has 1 amide bonds. The predicted molar refractivity (Wildman–Crippen MR) is 116 cm³/mol. The number of halogens is 3. The Morgan fingerprint density at radius 2 is 1.79 bits per heavy atom. The number of pyridine rings is 1. The second-order valence-electron chi connectivity index (χ2n) is 8.45. The molecule has 170 valence electrons. The van der Waals surface area contributed by atoms with Gasteiger partial charge < -0.3 is 0 Å². The first-order valence-electron chi connectivity index (χ1n) is 9.92. The van der Waals surface area contributed by atoms with Crippen molar-refractivity contribution < 1.29 is 18.0 Å². The van der Waals surface area contributed by atoms with Crippen LogP contribution in [0.3, 0.4) is 0 Å². The fourth-order valence-electron chi connectivity index (χ4n) is 2.95. The number of hydrogen-bond acceptors (Lipinski definition) is 6. The molecule has 0 spiro atoms. The number of nitriles is 1. The second kappa shape index (κ2) is 9.24. The molecule has 0 fully saturated rings. The number of carbonyl (C=O) groups excluding carboxylic acids is 1. The van der Waals surface area contributed by atoms with Gasteiger partial charge in [-0.15, -0.1) is 0 Å². The molecular formula is C23H21F3N6O. The Labute approximate surface area is 188 Å². The van der Waals surface area contributed by atoms with E-state index in [1.54, 1.807) is 42.7 Å². The highest BCUT2D eigenvalue weighted by Crippen LogP contribution is 2.30. The van der Waals surface area contributed by atoms with E-state index in [0.717, 1.165) is 11.1 Å². The summed E-state index contributed by atoms with van der Waals surface area (Å²) in [6, 6.07) is 12.6. The van der Waals surface area contributed by atoms with Crippen LogP contribution in [0.4, 0.5) is 19.0 Å². The van der Waals surface area contributed by atoms with Gasteiger partial charge in [-0.25, -0.2) is 4.98 Å². The molecule has 0 aliphatic rings. The number of carbonyl (C=O) groups is 1. The van der Waals surface area contributed by atoms with Crippen molar-refractivity contribution in [3.05, 3.63) is 71.9 Å². The van der Waals surface area contributed by atoms with Gasteiger partial charge in [-0.2, -0.15) is 23.4 Å². The third-order valence-electron chi connectivity index (χ3n) is 4.39. The largest absolute Gasteiger partial charge is 0.433 e. The van der Waals surface area contributed by atoms with E-state index in [2.05, 4.69) is 20.4 Å². The molecule has 0 saturated heterocycles. The number of alkyl halides is 3. The van der Waals surface area contributed by atoms with Gasteiger partial charge in [-0.1, -0.05) is 39.0 Å². The van der Waals surface area contributed by atoms with E-state index in [9.17, 15) is 18.0 Å². The number of rotatable bonds is 5. The highest BCUT2D eigenvalue weighted by molar-refractivity contribution is 5.95. The van der Waals surface area contributed by atoms with Crippen LogP contribution in [0.15, 0.2) is 54.9 Å². The molecular weight excluding hydrogens is 433 g/mol. The van der Waals surface area contributed by atoms with Crippen molar-refractivity contribution in [3.63, 3.8) is 0 Å². The molecule has 0 unspecified atom stereocenters. The van der Waals surface area contributed by atoms with Crippen LogP contribution in [0.1, 0.15) is 42.6 Å². The fourth-order valence-corrected chi connectivity index (χ4v) is 2.95. The third-order valence-corrected chi connectivity index (χ3v) is 4.39. The van der Waals surface area contributed by atoms with Gasteiger partial charge in [0.1, 0.15) is 6.07 Å². The van der Waals surface area contributed by atoms with Gasteiger partial charge in [0.25, 0.3) is 5.91 Å². The van der Waals surface area contributed by atoms with Crippen molar-refractivity contribution in [2.24, 2.45) is 5.41 Å². The molecule has 2 aromatic heterocycles. The lowest BCUT2D eigenvalue weighted by Crippen LogP contribution is -2.47. The zero-order chi connectivity index (χ0) is 24.2. The highest BCUT2D eigenvalue weighted by atomic mass is 19.4. The molecule has 33 heavy (non-hydrogen) atoms. The molecule has 0 aliphatic heterocycles. The van der Waals surface area contributed by atoms with Gasteiger partial charge in [0.2, 0.25) is 5.82 Å². The van der Waals surface area contributed by atoms with Crippen molar-refractivity contribution in [2.45, 2.75) is 26.9 Å². The topological polar surface area (TPSA) is 94.8 Å². The average molecular weight is 454 g/mol. The molecule has 3 rings (SSSR count). The lowest BCUT2D eigenvalue weighted by atomic mass is 9.96. The summed E-state index contributed by atoms with van der Waals surface area (Å²) in [6.45, 7) is 5.69. The summed E-state index contributed by atoms with van der Waals surface area (Å²) in [5.74, 6) is -1.42. The van der Waals surface area contributed by atoms with Crippen molar-refractivity contribution >= 4 is 11.7 Å². The van der Waals surface area contributed by atoms with E-state index in [4.69, 9.17) is 5.26 Å². The van der Waals surface area contributed by atoms with Gasteiger partial charge in [0.05, 0.1) is 0 Å². The Hall–Kier alpha value is -4.00. The molecule has 1 N–H and O–H groups in total. The third kappa shape index (κ3) is 6.26. The van der Waals surface area contributed by atoms with Crippen LogP contribution in [0.25, 0.3) is 11.1 Å². The smallest absolute Gasteiger partial charge is 0.267 e. The SMILES string of the molecule is CC(C)(C)CN(NC(=O)c1ccc(-c2cccnc2)cc1)c1cc(C(F)(F)F)nc(C#N)n1. The molecule has 0 aliphatic carbocycles. The number of nitrogens with one attached hydrogen (secondary N) is 1. The number of nitrogens with zero attached hydrogens (tertiary/aromatic N) is 5. The summed E-state index contributed by atoms with van der Waals surface area (Å²) in [5.41, 5.74) is 2.96. The number of hydrazine groups is 1. The van der Waals surface area contributed by atoms with Crippen LogP contribution in [-0.2, 0) is 6.18 Å². The number of aromatic nitrogens is 3. The van der Waals surface area contributed by atoms with Gasteiger partial charge in [-0.05, 0) is 34.7 Å². The quantitative estimate of drug-likeness (QED) is 0.565. The zero-order valence-corrected chi connectivity index (χ0v) is 18.2. The Morgan fingerprint density at radius 1 is 1.09 bits per heavy atom. The molecule has 0 radical (unpaired) electrons. The molecule has 1 aromatic carbocycles. The Bertz CT molecular complexity index is 1170. The standard InChI is InChI=1S/C23H21F3N6O/c1-22(2,3)14-32(20-11-18(23(24,25)26)29-19(12-27)30-20)31-21(33)16-8-6-15(7-9-16)17-5-4-10-28-13-17/h4-11,13H,14H2,1-3H3,(H,31,33). The van der Waals surface area contributed by atoms with Gasteiger partial charge >= 0.3 is 6.18 Å². The number of hydrogen-bond donors (Lipinski definition) is 1. The van der Waals surface area contributed by atoms with Crippen LogP contribution in [0.2, 0.25) is 0 Å². The van der Waals surface area contributed by atoms with Crippen LogP contribution in [-0.4, -0.2) is 27.4 Å². The van der Waals surface area contributed by atoms with E-state index in [-0.39, 0.29) is 12.4 Å². The van der Waals surface area contributed by atoms with Gasteiger partial charge in [0.15, 0.2) is 11.5 Å². The van der Waals surface area contributed by atoms with Crippen molar-refractivity contribution in [2.75, 3.05) is 11.6 Å². The van der Waals surface area contributed by atoms with Crippen LogP contribution >= 0.6 is 0 Å². The van der Waals surface area contributed by atoms with Crippen LogP contribution in [0, 0.1) is 16.7 Å². The van der Waals surface area contributed by atoms with Gasteiger partial charge in [0, 0.05) is 30.6 Å². The highest BCUT2D eigenvalue weighted by Gasteiger charge is 2.35. The first-order valence-corrected chi connectivity index (χ1v) is 9.92. The Kier molecular flexibility index (Phi) is 6.62. The van der Waals surface area contributed by atoms with E-state index < -0.39 is 29.0 Å². The first kappa shape index (κ1) is 23.7. The molecule has 0 bridgehead atoms. The lowest BCUT2D eigenvalue weighted by Gasteiger charge is -2.31. The maximum absolute atomic E-state index is 13.3. The normalized spacial score (nSPS) is 11.5. The lowest BCUT2D eigenvalue weighted by molar-refractivity contribution is -0.141. The fraction of sp³-hybridized carbons (Fsp3) is 0.261. The first-order chi connectivity index (χ1) is 15.5. The second-order valence-corrected chi connectivity index (χ2v) is 8.45. The van der Waals surface area contributed by atoms with Gasteiger partial charge in [-0.3, -0.25) is 20.2 Å². The summed E-state index contributed by atoms with van der Waals surface area (Å²) >= 11 is 0. The number of benzene rings is 1.